The molecular formula is C15H23N3S. The molecule has 0 spiro atoms. The van der Waals surface area contributed by atoms with Crippen LogP contribution in [0.2, 0.25) is 0 Å². The molecule has 1 aliphatic rings. The van der Waals surface area contributed by atoms with Crippen LogP contribution in [0.25, 0.3) is 4.96 Å². The first-order valence-corrected chi connectivity index (χ1v) is 8.23. The van der Waals surface area contributed by atoms with E-state index in [9.17, 15) is 0 Å². The molecule has 3 rings (SSSR count). The van der Waals surface area contributed by atoms with E-state index in [0.717, 1.165) is 30.1 Å². The van der Waals surface area contributed by atoms with Crippen molar-refractivity contribution in [2.75, 3.05) is 0 Å². The van der Waals surface area contributed by atoms with Crippen LogP contribution in [0.1, 0.15) is 56.9 Å². The van der Waals surface area contributed by atoms with E-state index in [2.05, 4.69) is 32.2 Å². The normalized spacial score (nSPS) is 19.9. The van der Waals surface area contributed by atoms with E-state index in [0.29, 0.717) is 5.41 Å². The maximum Gasteiger partial charge on any atom is 0.212 e. The topological polar surface area (TPSA) is 30.2 Å². The Kier molecular flexibility index (Phi) is 3.16. The van der Waals surface area contributed by atoms with Crippen LogP contribution >= 0.6 is 11.3 Å². The fourth-order valence-electron chi connectivity index (χ4n) is 3.02. The predicted octanol–water partition coefficient (Wildman–Crippen LogP) is 3.89. The Morgan fingerprint density at radius 1 is 1.37 bits per heavy atom. The average Bonchev–Trinajstić information content (AvgIpc) is 2.94. The fraction of sp³-hybridized carbons (Fsp3) is 0.733. The van der Waals surface area contributed by atoms with Gasteiger partial charge in [0.1, 0.15) is 5.01 Å². The van der Waals surface area contributed by atoms with Gasteiger partial charge < -0.3 is 0 Å². The highest BCUT2D eigenvalue weighted by atomic mass is 32.1. The molecule has 2 aromatic heterocycles. The molecule has 0 aliphatic heterocycles. The minimum absolute atomic E-state index is 0.422. The van der Waals surface area contributed by atoms with Gasteiger partial charge in [-0.2, -0.15) is 5.10 Å². The fourth-order valence-corrected chi connectivity index (χ4v) is 3.89. The second-order valence-electron chi connectivity index (χ2n) is 6.33. The summed E-state index contributed by atoms with van der Waals surface area (Å²) in [4.78, 5) is 5.88. The minimum atomic E-state index is 0.422. The van der Waals surface area contributed by atoms with Crippen molar-refractivity contribution in [1.29, 1.82) is 0 Å². The summed E-state index contributed by atoms with van der Waals surface area (Å²) in [6, 6.07) is 0. The van der Waals surface area contributed by atoms with E-state index >= 15 is 0 Å². The van der Waals surface area contributed by atoms with Crippen molar-refractivity contribution >= 4 is 16.3 Å². The number of hydrogen-bond donors (Lipinski definition) is 0. The van der Waals surface area contributed by atoms with E-state index in [-0.39, 0.29) is 0 Å². The van der Waals surface area contributed by atoms with Crippen molar-refractivity contribution in [2.45, 2.75) is 59.8 Å². The van der Waals surface area contributed by atoms with E-state index in [1.165, 1.54) is 29.2 Å². The van der Waals surface area contributed by atoms with Crippen LogP contribution < -0.4 is 0 Å². The SMILES string of the molecule is CCc1nn2c3c(nc2s1)CCC(C(C)(C)CC)C3. The zero-order valence-electron chi connectivity index (χ0n) is 12.4. The average molecular weight is 277 g/mol. The summed E-state index contributed by atoms with van der Waals surface area (Å²) in [5.41, 5.74) is 3.10. The Morgan fingerprint density at radius 2 is 2.16 bits per heavy atom. The van der Waals surface area contributed by atoms with Gasteiger partial charge in [0.15, 0.2) is 0 Å². The Hall–Kier alpha value is -0.900. The summed E-state index contributed by atoms with van der Waals surface area (Å²) in [5.74, 6) is 0.761. The first-order chi connectivity index (χ1) is 9.05. The lowest BCUT2D eigenvalue weighted by Gasteiger charge is -2.35. The van der Waals surface area contributed by atoms with Gasteiger partial charge in [0.2, 0.25) is 4.96 Å². The quantitative estimate of drug-likeness (QED) is 0.852. The van der Waals surface area contributed by atoms with Crippen molar-refractivity contribution in [1.82, 2.24) is 14.6 Å². The van der Waals surface area contributed by atoms with Crippen LogP contribution in [0.3, 0.4) is 0 Å². The number of imidazole rings is 1. The van der Waals surface area contributed by atoms with Gasteiger partial charge in [-0.05, 0) is 37.0 Å². The number of fused-ring (bicyclic) bond motifs is 3. The van der Waals surface area contributed by atoms with Gasteiger partial charge in [-0.15, -0.1) is 0 Å². The molecule has 0 saturated heterocycles. The second-order valence-corrected chi connectivity index (χ2v) is 7.37. The van der Waals surface area contributed by atoms with Crippen LogP contribution in [0.5, 0.6) is 0 Å². The lowest BCUT2D eigenvalue weighted by atomic mass is 9.70. The van der Waals surface area contributed by atoms with Crippen LogP contribution in [-0.2, 0) is 19.3 Å². The van der Waals surface area contributed by atoms with Crippen LogP contribution in [0.15, 0.2) is 0 Å². The van der Waals surface area contributed by atoms with Crippen molar-refractivity contribution in [3.05, 3.63) is 16.4 Å². The van der Waals surface area contributed by atoms with Crippen molar-refractivity contribution in [3.63, 3.8) is 0 Å². The molecule has 2 heterocycles. The molecule has 2 aromatic rings. The predicted molar refractivity (Wildman–Crippen MR) is 79.8 cm³/mol. The van der Waals surface area contributed by atoms with E-state index in [1.54, 1.807) is 11.3 Å². The molecule has 0 amide bonds. The lowest BCUT2D eigenvalue weighted by Crippen LogP contribution is -2.29. The Labute approximate surface area is 119 Å². The maximum atomic E-state index is 4.78. The molecule has 4 heteroatoms. The van der Waals surface area contributed by atoms with Crippen molar-refractivity contribution < 1.29 is 0 Å². The van der Waals surface area contributed by atoms with Gasteiger partial charge in [0, 0.05) is 0 Å². The molecule has 0 N–H and O–H groups in total. The number of nitrogens with zero attached hydrogens (tertiary/aromatic N) is 3. The van der Waals surface area contributed by atoms with Gasteiger partial charge in [-0.3, -0.25) is 0 Å². The highest BCUT2D eigenvalue weighted by Crippen LogP contribution is 2.40. The van der Waals surface area contributed by atoms with Crippen molar-refractivity contribution in [2.24, 2.45) is 11.3 Å². The monoisotopic (exact) mass is 277 g/mol. The number of aromatic nitrogens is 3. The molecule has 0 radical (unpaired) electrons. The Balaban J connectivity index is 1.98. The van der Waals surface area contributed by atoms with Gasteiger partial charge in [-0.1, -0.05) is 45.5 Å². The molecule has 0 fully saturated rings. The third-order valence-electron chi connectivity index (χ3n) is 4.91. The second kappa shape index (κ2) is 4.58. The van der Waals surface area contributed by atoms with E-state index in [1.807, 2.05) is 0 Å². The highest BCUT2D eigenvalue weighted by molar-refractivity contribution is 7.16. The molecule has 0 aromatic carbocycles. The molecule has 1 aliphatic carbocycles. The van der Waals surface area contributed by atoms with Gasteiger partial charge >= 0.3 is 0 Å². The molecule has 104 valence electrons. The number of hydrogen-bond acceptors (Lipinski definition) is 3. The largest absolute Gasteiger partial charge is 0.222 e. The first-order valence-electron chi connectivity index (χ1n) is 7.41. The molecule has 1 unspecified atom stereocenters. The third kappa shape index (κ3) is 2.10. The van der Waals surface area contributed by atoms with E-state index < -0.39 is 0 Å². The summed E-state index contributed by atoms with van der Waals surface area (Å²) in [5, 5.41) is 5.92. The zero-order chi connectivity index (χ0) is 13.6. The smallest absolute Gasteiger partial charge is 0.212 e. The molecule has 0 bridgehead atoms. The molecule has 1 atom stereocenters. The minimum Gasteiger partial charge on any atom is -0.222 e. The summed E-state index contributed by atoms with van der Waals surface area (Å²) >= 11 is 1.75. The van der Waals surface area contributed by atoms with Gasteiger partial charge in [-0.25, -0.2) is 9.50 Å². The van der Waals surface area contributed by atoms with Gasteiger partial charge in [0.25, 0.3) is 0 Å². The Bertz CT molecular complexity index is 594. The molecule has 0 saturated carbocycles. The van der Waals surface area contributed by atoms with Crippen molar-refractivity contribution in [3.8, 4) is 0 Å². The van der Waals surface area contributed by atoms with Crippen LogP contribution in [0, 0.1) is 11.3 Å². The summed E-state index contributed by atoms with van der Waals surface area (Å²) in [6.07, 6.45) is 5.80. The standard InChI is InChI=1S/C15H23N3S/c1-5-13-17-18-12-9-10(15(3,4)6-2)7-8-11(12)16-14(18)19-13/h10H,5-9H2,1-4H3. The first kappa shape index (κ1) is 13.1. The lowest BCUT2D eigenvalue weighted by molar-refractivity contribution is 0.180. The zero-order valence-corrected chi connectivity index (χ0v) is 13.2. The van der Waals surface area contributed by atoms with Crippen LogP contribution in [0.4, 0.5) is 0 Å². The maximum absolute atomic E-state index is 4.78. The number of aryl methyl sites for hydroxylation is 2. The summed E-state index contributed by atoms with van der Waals surface area (Å²) < 4.78 is 2.12. The Morgan fingerprint density at radius 3 is 2.84 bits per heavy atom. The summed E-state index contributed by atoms with van der Waals surface area (Å²) in [6.45, 7) is 9.27. The molecule has 3 nitrogen and oxygen atoms in total. The van der Waals surface area contributed by atoms with Gasteiger partial charge in [0.05, 0.1) is 11.4 Å². The third-order valence-corrected chi connectivity index (χ3v) is 5.96. The summed E-state index contributed by atoms with van der Waals surface area (Å²) in [7, 11) is 0. The highest BCUT2D eigenvalue weighted by Gasteiger charge is 2.33. The number of rotatable bonds is 3. The van der Waals surface area contributed by atoms with E-state index in [4.69, 9.17) is 10.1 Å². The van der Waals surface area contributed by atoms with Crippen LogP contribution in [-0.4, -0.2) is 14.6 Å². The molecule has 19 heavy (non-hydrogen) atoms. The molecular weight excluding hydrogens is 254 g/mol.